The Kier molecular flexibility index (Phi) is 3.40. The second-order valence-corrected chi connectivity index (χ2v) is 5.56. The molecule has 1 heterocycles. The van der Waals surface area contributed by atoms with Gasteiger partial charge in [-0.25, -0.2) is 0 Å². The average molecular weight is 287 g/mol. The first-order valence-electron chi connectivity index (χ1n) is 6.00. The first-order chi connectivity index (χ1) is 7.56. The minimum Gasteiger partial charge on any atom is -0.389 e. The van der Waals surface area contributed by atoms with E-state index in [0.717, 1.165) is 54.5 Å². The van der Waals surface area contributed by atoms with Crippen LogP contribution in [0.3, 0.4) is 0 Å². The molecule has 0 amide bonds. The van der Waals surface area contributed by atoms with Crippen molar-refractivity contribution < 1.29 is 5.11 Å². The van der Waals surface area contributed by atoms with E-state index < -0.39 is 5.60 Å². The lowest BCUT2D eigenvalue weighted by Crippen LogP contribution is -2.28. The van der Waals surface area contributed by atoms with Crippen LogP contribution in [0.15, 0.2) is 4.47 Å². The highest BCUT2D eigenvalue weighted by molar-refractivity contribution is 9.10. The van der Waals surface area contributed by atoms with Gasteiger partial charge in [0.05, 0.1) is 21.5 Å². The van der Waals surface area contributed by atoms with E-state index in [1.54, 1.807) is 0 Å². The highest BCUT2D eigenvalue weighted by atomic mass is 79.9. The molecule has 4 heteroatoms. The van der Waals surface area contributed by atoms with Gasteiger partial charge in [0.15, 0.2) is 0 Å². The van der Waals surface area contributed by atoms with Gasteiger partial charge in [-0.05, 0) is 42.6 Å². The molecule has 0 bridgehead atoms. The molecule has 3 nitrogen and oxygen atoms in total. The summed E-state index contributed by atoms with van der Waals surface area (Å²) in [6.07, 6.45) is 4.86. The monoisotopic (exact) mass is 286 g/mol. The number of aliphatic hydroxyl groups is 1. The molecule has 0 aliphatic heterocycles. The van der Waals surface area contributed by atoms with E-state index in [4.69, 9.17) is 0 Å². The van der Waals surface area contributed by atoms with Crippen molar-refractivity contribution >= 4 is 15.9 Å². The smallest absolute Gasteiger partial charge is 0.0738 e. The molecule has 0 unspecified atom stereocenters. The molecule has 0 atom stereocenters. The summed E-state index contributed by atoms with van der Waals surface area (Å²) in [5, 5.41) is 14.9. The Morgan fingerprint density at radius 2 is 2.06 bits per heavy atom. The van der Waals surface area contributed by atoms with Gasteiger partial charge >= 0.3 is 0 Å². The third kappa shape index (κ3) is 2.18. The van der Waals surface area contributed by atoms with Gasteiger partial charge in [-0.2, -0.15) is 5.10 Å². The third-order valence-electron chi connectivity index (χ3n) is 3.48. The second kappa shape index (κ2) is 4.49. The molecule has 0 aromatic carbocycles. The lowest BCUT2D eigenvalue weighted by atomic mass is 9.96. The third-order valence-corrected chi connectivity index (χ3v) is 4.52. The maximum atomic E-state index is 10.4. The van der Waals surface area contributed by atoms with Crippen molar-refractivity contribution in [1.29, 1.82) is 0 Å². The highest BCUT2D eigenvalue weighted by Gasteiger charge is 2.33. The van der Waals surface area contributed by atoms with Crippen molar-refractivity contribution in [3.63, 3.8) is 0 Å². The minimum absolute atomic E-state index is 0.498. The van der Waals surface area contributed by atoms with E-state index in [-0.39, 0.29) is 0 Å². The van der Waals surface area contributed by atoms with Crippen LogP contribution in [-0.2, 0) is 13.0 Å². The zero-order chi connectivity index (χ0) is 11.8. The molecule has 1 aromatic rings. The molecular weight excluding hydrogens is 268 g/mol. The summed E-state index contributed by atoms with van der Waals surface area (Å²) in [5.74, 6) is 0. The van der Waals surface area contributed by atoms with Crippen LogP contribution in [0.2, 0.25) is 0 Å². The number of nitrogens with zero attached hydrogens (tertiary/aromatic N) is 2. The Bertz CT molecular complexity index is 381. The summed E-state index contributed by atoms with van der Waals surface area (Å²) in [5.41, 5.74) is 1.66. The predicted octanol–water partition coefficient (Wildman–Crippen LogP) is 2.82. The fourth-order valence-electron chi connectivity index (χ4n) is 2.56. The molecule has 1 aromatic heterocycles. The van der Waals surface area contributed by atoms with E-state index in [1.165, 1.54) is 0 Å². The highest BCUT2D eigenvalue weighted by Crippen LogP contribution is 2.35. The number of aryl methyl sites for hydroxylation is 2. The molecular formula is C12H19BrN2O. The van der Waals surface area contributed by atoms with Gasteiger partial charge in [-0.3, -0.25) is 4.68 Å². The van der Waals surface area contributed by atoms with E-state index in [9.17, 15) is 5.11 Å². The Morgan fingerprint density at radius 1 is 1.44 bits per heavy atom. The quantitative estimate of drug-likeness (QED) is 0.928. The Morgan fingerprint density at radius 3 is 2.62 bits per heavy atom. The number of rotatable bonds is 3. The number of aromatic nitrogens is 2. The normalized spacial score (nSPS) is 19.2. The average Bonchev–Trinajstić information content (AvgIpc) is 2.78. The number of halogens is 1. The summed E-state index contributed by atoms with van der Waals surface area (Å²) in [4.78, 5) is 0. The molecule has 1 aliphatic carbocycles. The Balaban J connectivity index is 2.26. The maximum absolute atomic E-state index is 10.4. The van der Waals surface area contributed by atoms with Crippen molar-refractivity contribution in [2.75, 3.05) is 0 Å². The molecule has 2 rings (SSSR count). The van der Waals surface area contributed by atoms with Crippen molar-refractivity contribution in [2.24, 2.45) is 0 Å². The van der Waals surface area contributed by atoms with Gasteiger partial charge in [0, 0.05) is 13.0 Å². The van der Waals surface area contributed by atoms with Gasteiger partial charge in [-0.1, -0.05) is 12.8 Å². The molecule has 0 spiro atoms. The fraction of sp³-hybridized carbons (Fsp3) is 0.750. The van der Waals surface area contributed by atoms with Crippen LogP contribution in [0.4, 0.5) is 0 Å². The Labute approximate surface area is 105 Å². The lowest BCUT2D eigenvalue weighted by molar-refractivity contribution is 0.0459. The topological polar surface area (TPSA) is 38.0 Å². The van der Waals surface area contributed by atoms with Crippen LogP contribution in [0.25, 0.3) is 0 Å². The van der Waals surface area contributed by atoms with E-state index >= 15 is 0 Å². The van der Waals surface area contributed by atoms with Crippen LogP contribution >= 0.6 is 15.9 Å². The van der Waals surface area contributed by atoms with Gasteiger partial charge in [0.2, 0.25) is 0 Å². The molecule has 0 saturated heterocycles. The summed E-state index contributed by atoms with van der Waals surface area (Å²) < 4.78 is 3.06. The molecule has 0 radical (unpaired) electrons. The van der Waals surface area contributed by atoms with E-state index in [0.29, 0.717) is 0 Å². The van der Waals surface area contributed by atoms with Crippen molar-refractivity contribution in [3.05, 3.63) is 15.9 Å². The van der Waals surface area contributed by atoms with Crippen LogP contribution in [0.5, 0.6) is 0 Å². The largest absolute Gasteiger partial charge is 0.389 e. The summed E-state index contributed by atoms with van der Waals surface area (Å²) in [6.45, 7) is 4.94. The first kappa shape index (κ1) is 12.1. The van der Waals surface area contributed by atoms with Crippen LogP contribution in [0.1, 0.15) is 44.0 Å². The zero-order valence-corrected chi connectivity index (χ0v) is 11.5. The zero-order valence-electron chi connectivity index (χ0n) is 9.96. The molecule has 16 heavy (non-hydrogen) atoms. The standard InChI is InChI=1S/C12H19BrN2O/c1-3-15-10(11(13)9(2)14-15)8-12(16)6-4-5-7-12/h16H,3-8H2,1-2H3. The molecule has 1 N–H and O–H groups in total. The summed E-state index contributed by atoms with van der Waals surface area (Å²) >= 11 is 3.58. The first-order valence-corrected chi connectivity index (χ1v) is 6.79. The molecule has 1 saturated carbocycles. The summed E-state index contributed by atoms with van der Waals surface area (Å²) in [6, 6.07) is 0. The van der Waals surface area contributed by atoms with Crippen LogP contribution in [-0.4, -0.2) is 20.5 Å². The Hall–Kier alpha value is -0.350. The maximum Gasteiger partial charge on any atom is 0.0738 e. The van der Waals surface area contributed by atoms with E-state index in [2.05, 4.69) is 28.0 Å². The van der Waals surface area contributed by atoms with Gasteiger partial charge < -0.3 is 5.11 Å². The number of hydrogen-bond donors (Lipinski definition) is 1. The SMILES string of the molecule is CCn1nc(C)c(Br)c1CC1(O)CCCC1. The predicted molar refractivity (Wildman–Crippen MR) is 67.5 cm³/mol. The molecule has 90 valence electrons. The second-order valence-electron chi connectivity index (χ2n) is 4.77. The van der Waals surface area contributed by atoms with Crippen LogP contribution in [0, 0.1) is 6.92 Å². The van der Waals surface area contributed by atoms with Crippen molar-refractivity contribution in [1.82, 2.24) is 9.78 Å². The summed E-state index contributed by atoms with van der Waals surface area (Å²) in [7, 11) is 0. The van der Waals surface area contributed by atoms with Gasteiger partial charge in [-0.15, -0.1) is 0 Å². The molecule has 1 aliphatic rings. The fourth-order valence-corrected chi connectivity index (χ4v) is 2.98. The van der Waals surface area contributed by atoms with Gasteiger partial charge in [0.25, 0.3) is 0 Å². The van der Waals surface area contributed by atoms with Crippen molar-refractivity contribution in [3.8, 4) is 0 Å². The van der Waals surface area contributed by atoms with Crippen molar-refractivity contribution in [2.45, 2.75) is 58.1 Å². The van der Waals surface area contributed by atoms with Gasteiger partial charge in [0.1, 0.15) is 0 Å². The van der Waals surface area contributed by atoms with E-state index in [1.807, 2.05) is 11.6 Å². The number of hydrogen-bond acceptors (Lipinski definition) is 2. The minimum atomic E-state index is -0.498. The lowest BCUT2D eigenvalue weighted by Gasteiger charge is -2.22. The van der Waals surface area contributed by atoms with Crippen LogP contribution < -0.4 is 0 Å². The molecule has 1 fully saturated rings.